The lowest BCUT2D eigenvalue weighted by Crippen LogP contribution is -2.41. The minimum Gasteiger partial charge on any atom is -0.399 e. The van der Waals surface area contributed by atoms with Gasteiger partial charge in [0.1, 0.15) is 6.54 Å². The molecule has 4 nitrogen and oxygen atoms in total. The molecule has 0 aliphatic carbocycles. The molecule has 0 spiro atoms. The van der Waals surface area contributed by atoms with E-state index in [0.717, 1.165) is 0 Å². The van der Waals surface area contributed by atoms with E-state index in [0.29, 0.717) is 17.9 Å². The van der Waals surface area contributed by atoms with Crippen molar-refractivity contribution in [3.05, 3.63) is 24.3 Å². The summed E-state index contributed by atoms with van der Waals surface area (Å²) in [6.07, 6.45) is -4.40. The minimum atomic E-state index is -4.40. The molecule has 0 radical (unpaired) electrons. The van der Waals surface area contributed by atoms with E-state index in [1.807, 2.05) is 5.32 Å². The van der Waals surface area contributed by atoms with Crippen molar-refractivity contribution in [3.8, 4) is 0 Å². The van der Waals surface area contributed by atoms with Crippen LogP contribution in [0.3, 0.4) is 0 Å². The SMILES string of the molecule is CCN(CC(=O)NCC(F)(F)F)c1cccc(N)c1. The summed E-state index contributed by atoms with van der Waals surface area (Å²) < 4.78 is 35.9. The van der Waals surface area contributed by atoms with Gasteiger partial charge in [-0.25, -0.2) is 0 Å². The lowest BCUT2D eigenvalue weighted by atomic mass is 10.2. The Morgan fingerprint density at radius 2 is 2.11 bits per heavy atom. The average molecular weight is 275 g/mol. The topological polar surface area (TPSA) is 58.4 Å². The first-order chi connectivity index (χ1) is 8.81. The summed E-state index contributed by atoms with van der Waals surface area (Å²) in [5.74, 6) is -0.679. The molecule has 1 amide bonds. The molecule has 7 heteroatoms. The molecule has 0 fully saturated rings. The predicted octanol–water partition coefficient (Wildman–Crippen LogP) is 1.77. The van der Waals surface area contributed by atoms with Crippen LogP contribution in [0.2, 0.25) is 0 Å². The van der Waals surface area contributed by atoms with Crippen LogP contribution in [-0.2, 0) is 4.79 Å². The molecular weight excluding hydrogens is 259 g/mol. The van der Waals surface area contributed by atoms with Crippen LogP contribution in [0.15, 0.2) is 24.3 Å². The zero-order chi connectivity index (χ0) is 14.5. The van der Waals surface area contributed by atoms with Gasteiger partial charge in [-0.05, 0) is 25.1 Å². The smallest absolute Gasteiger partial charge is 0.399 e. The molecular formula is C12H16F3N3O. The second-order valence-electron chi connectivity index (χ2n) is 4.00. The molecule has 19 heavy (non-hydrogen) atoms. The molecule has 0 unspecified atom stereocenters. The molecule has 1 aromatic carbocycles. The van der Waals surface area contributed by atoms with Gasteiger partial charge in [-0.2, -0.15) is 13.2 Å². The highest BCUT2D eigenvalue weighted by molar-refractivity contribution is 5.81. The Morgan fingerprint density at radius 3 is 2.63 bits per heavy atom. The maximum absolute atomic E-state index is 12.0. The Bertz CT molecular complexity index is 434. The van der Waals surface area contributed by atoms with Gasteiger partial charge in [-0.1, -0.05) is 6.07 Å². The number of anilines is 2. The third-order valence-electron chi connectivity index (χ3n) is 2.44. The van der Waals surface area contributed by atoms with Crippen molar-refractivity contribution >= 4 is 17.3 Å². The molecule has 0 heterocycles. The Kier molecular flexibility index (Phi) is 5.02. The van der Waals surface area contributed by atoms with Crippen LogP contribution >= 0.6 is 0 Å². The molecule has 0 saturated carbocycles. The first kappa shape index (κ1) is 15.1. The molecule has 3 N–H and O–H groups in total. The van der Waals surface area contributed by atoms with Gasteiger partial charge in [-0.3, -0.25) is 4.79 Å². The van der Waals surface area contributed by atoms with Crippen molar-refractivity contribution in [3.63, 3.8) is 0 Å². The van der Waals surface area contributed by atoms with Crippen LogP contribution in [-0.4, -0.2) is 31.7 Å². The van der Waals surface area contributed by atoms with Crippen LogP contribution < -0.4 is 16.0 Å². The number of alkyl halides is 3. The maximum Gasteiger partial charge on any atom is 0.405 e. The van der Waals surface area contributed by atoms with Crippen LogP contribution in [0.1, 0.15) is 6.92 Å². The molecule has 0 aromatic heterocycles. The van der Waals surface area contributed by atoms with Crippen molar-refractivity contribution < 1.29 is 18.0 Å². The largest absolute Gasteiger partial charge is 0.405 e. The van der Waals surface area contributed by atoms with Crippen molar-refractivity contribution in [2.24, 2.45) is 0 Å². The number of nitrogens with zero attached hydrogens (tertiary/aromatic N) is 1. The number of likely N-dealkylation sites (N-methyl/N-ethyl adjacent to an activating group) is 1. The molecule has 0 atom stereocenters. The maximum atomic E-state index is 12.0. The third-order valence-corrected chi connectivity index (χ3v) is 2.44. The van der Waals surface area contributed by atoms with E-state index in [4.69, 9.17) is 5.73 Å². The van der Waals surface area contributed by atoms with Gasteiger partial charge in [0.05, 0.1) is 6.54 Å². The first-order valence-corrected chi connectivity index (χ1v) is 5.75. The summed E-state index contributed by atoms with van der Waals surface area (Å²) in [6, 6.07) is 6.83. The zero-order valence-electron chi connectivity index (χ0n) is 10.5. The monoisotopic (exact) mass is 275 g/mol. The van der Waals surface area contributed by atoms with Crippen molar-refractivity contribution in [2.45, 2.75) is 13.1 Å². The Balaban J connectivity index is 2.60. The molecule has 0 aliphatic heterocycles. The van der Waals surface area contributed by atoms with Crippen molar-refractivity contribution in [2.75, 3.05) is 30.3 Å². The number of rotatable bonds is 5. The quantitative estimate of drug-likeness (QED) is 0.805. The summed E-state index contributed by atoms with van der Waals surface area (Å²) in [5, 5.41) is 1.83. The highest BCUT2D eigenvalue weighted by Gasteiger charge is 2.27. The molecule has 0 aliphatic rings. The first-order valence-electron chi connectivity index (χ1n) is 5.75. The molecule has 1 rings (SSSR count). The Morgan fingerprint density at radius 1 is 1.42 bits per heavy atom. The van der Waals surface area contributed by atoms with Crippen LogP contribution in [0.5, 0.6) is 0 Å². The summed E-state index contributed by atoms with van der Waals surface area (Å²) in [7, 11) is 0. The van der Waals surface area contributed by atoms with Gasteiger partial charge in [-0.15, -0.1) is 0 Å². The van der Waals surface area contributed by atoms with E-state index >= 15 is 0 Å². The van der Waals surface area contributed by atoms with Gasteiger partial charge in [0, 0.05) is 17.9 Å². The molecule has 1 aromatic rings. The summed E-state index contributed by atoms with van der Waals surface area (Å²) in [4.78, 5) is 13.1. The van der Waals surface area contributed by atoms with E-state index in [9.17, 15) is 18.0 Å². The van der Waals surface area contributed by atoms with Gasteiger partial charge >= 0.3 is 6.18 Å². The molecule has 0 saturated heterocycles. The number of amides is 1. The fraction of sp³-hybridized carbons (Fsp3) is 0.417. The Labute approximate surface area is 109 Å². The van der Waals surface area contributed by atoms with Gasteiger partial charge in [0.2, 0.25) is 5.91 Å². The standard InChI is InChI=1S/C12H16F3N3O/c1-2-18(10-5-3-4-9(16)6-10)7-11(19)17-8-12(13,14)15/h3-6H,2,7-8,16H2,1H3,(H,17,19). The minimum absolute atomic E-state index is 0.143. The number of nitrogens with one attached hydrogen (secondary N) is 1. The molecule has 0 bridgehead atoms. The second kappa shape index (κ2) is 6.31. The highest BCUT2D eigenvalue weighted by atomic mass is 19.4. The van der Waals surface area contributed by atoms with Crippen molar-refractivity contribution in [1.29, 1.82) is 0 Å². The number of carbonyl (C=O) groups excluding carboxylic acids is 1. The number of hydrogen-bond donors (Lipinski definition) is 2. The van der Waals surface area contributed by atoms with Crippen LogP contribution in [0, 0.1) is 0 Å². The lowest BCUT2D eigenvalue weighted by Gasteiger charge is -2.23. The number of nitrogen functional groups attached to an aromatic ring is 1. The van der Waals surface area contributed by atoms with E-state index < -0.39 is 18.6 Å². The summed E-state index contributed by atoms with van der Waals surface area (Å²) in [6.45, 7) is 0.833. The summed E-state index contributed by atoms with van der Waals surface area (Å²) >= 11 is 0. The molecule has 106 valence electrons. The average Bonchev–Trinajstić information content (AvgIpc) is 2.32. The van der Waals surface area contributed by atoms with Gasteiger partial charge < -0.3 is 16.0 Å². The number of halogens is 3. The van der Waals surface area contributed by atoms with Crippen molar-refractivity contribution in [1.82, 2.24) is 5.32 Å². The van der Waals surface area contributed by atoms with E-state index in [1.54, 1.807) is 36.1 Å². The number of carbonyl (C=O) groups is 1. The Hall–Kier alpha value is -1.92. The van der Waals surface area contributed by atoms with E-state index in [-0.39, 0.29) is 6.54 Å². The fourth-order valence-electron chi connectivity index (χ4n) is 1.54. The normalized spacial score (nSPS) is 11.2. The number of hydrogen-bond acceptors (Lipinski definition) is 3. The predicted molar refractivity (Wildman–Crippen MR) is 67.8 cm³/mol. The summed E-state index contributed by atoms with van der Waals surface area (Å²) in [5.41, 5.74) is 6.85. The van der Waals surface area contributed by atoms with Gasteiger partial charge in [0.15, 0.2) is 0 Å². The second-order valence-corrected chi connectivity index (χ2v) is 4.00. The number of nitrogens with two attached hydrogens (primary N) is 1. The van der Waals surface area contributed by atoms with Gasteiger partial charge in [0.25, 0.3) is 0 Å². The lowest BCUT2D eigenvalue weighted by molar-refractivity contribution is -0.137. The fourth-order valence-corrected chi connectivity index (χ4v) is 1.54. The third kappa shape index (κ3) is 5.50. The number of benzene rings is 1. The van der Waals surface area contributed by atoms with Crippen LogP contribution in [0.25, 0.3) is 0 Å². The highest BCUT2D eigenvalue weighted by Crippen LogP contribution is 2.17. The van der Waals surface area contributed by atoms with Crippen LogP contribution in [0.4, 0.5) is 24.5 Å². The van der Waals surface area contributed by atoms with E-state index in [2.05, 4.69) is 0 Å². The zero-order valence-corrected chi connectivity index (χ0v) is 10.5. The van der Waals surface area contributed by atoms with E-state index in [1.165, 1.54) is 0 Å².